The SMILES string of the molecule is CC1CCN(c2ccc(Nc3ccc(CNC(=O)C4CNC(=O)N4)cc3)cc2)CC1. The predicted octanol–water partition coefficient (Wildman–Crippen LogP) is 2.96. The molecule has 2 heterocycles. The molecule has 3 amide bonds. The number of hydrogen-bond donors (Lipinski definition) is 4. The quantitative estimate of drug-likeness (QED) is 0.593. The van der Waals surface area contributed by atoms with Crippen molar-refractivity contribution in [1.82, 2.24) is 16.0 Å². The molecule has 2 aromatic rings. The predicted molar refractivity (Wildman–Crippen MR) is 119 cm³/mol. The summed E-state index contributed by atoms with van der Waals surface area (Å²) >= 11 is 0. The zero-order chi connectivity index (χ0) is 20.9. The summed E-state index contributed by atoms with van der Waals surface area (Å²) in [6, 6.07) is 15.8. The number of carbonyl (C=O) groups excluding carboxylic acids is 2. The minimum absolute atomic E-state index is 0.182. The van der Waals surface area contributed by atoms with Gasteiger partial charge in [0.1, 0.15) is 6.04 Å². The van der Waals surface area contributed by atoms with Gasteiger partial charge in [-0.1, -0.05) is 19.1 Å². The molecule has 2 fully saturated rings. The van der Waals surface area contributed by atoms with Gasteiger partial charge in [-0.2, -0.15) is 0 Å². The summed E-state index contributed by atoms with van der Waals surface area (Å²) < 4.78 is 0. The van der Waals surface area contributed by atoms with Gasteiger partial charge in [-0.25, -0.2) is 4.79 Å². The van der Waals surface area contributed by atoms with Crippen LogP contribution in [0.5, 0.6) is 0 Å². The van der Waals surface area contributed by atoms with Gasteiger partial charge in [0.05, 0.1) is 0 Å². The van der Waals surface area contributed by atoms with Crippen molar-refractivity contribution in [3.63, 3.8) is 0 Å². The highest BCUT2D eigenvalue weighted by molar-refractivity contribution is 5.90. The Bertz CT molecular complexity index is 873. The van der Waals surface area contributed by atoms with Gasteiger partial charge in [-0.05, 0) is 60.7 Å². The third-order valence-corrected chi connectivity index (χ3v) is 5.81. The van der Waals surface area contributed by atoms with Crippen molar-refractivity contribution in [3.05, 3.63) is 54.1 Å². The molecule has 2 aliphatic rings. The fourth-order valence-corrected chi connectivity index (χ4v) is 3.82. The van der Waals surface area contributed by atoms with Crippen molar-refractivity contribution in [2.45, 2.75) is 32.4 Å². The van der Waals surface area contributed by atoms with E-state index < -0.39 is 6.04 Å². The fraction of sp³-hybridized carbons (Fsp3) is 0.391. The van der Waals surface area contributed by atoms with E-state index in [0.717, 1.165) is 35.9 Å². The lowest BCUT2D eigenvalue weighted by Crippen LogP contribution is -2.42. The van der Waals surface area contributed by atoms with Gasteiger partial charge >= 0.3 is 6.03 Å². The second-order valence-electron chi connectivity index (χ2n) is 8.16. The molecule has 7 nitrogen and oxygen atoms in total. The van der Waals surface area contributed by atoms with Crippen molar-refractivity contribution in [2.75, 3.05) is 29.9 Å². The van der Waals surface area contributed by atoms with Crippen LogP contribution in [0.25, 0.3) is 0 Å². The van der Waals surface area contributed by atoms with Crippen LogP contribution in [0.2, 0.25) is 0 Å². The molecule has 0 radical (unpaired) electrons. The van der Waals surface area contributed by atoms with Crippen LogP contribution in [-0.4, -0.2) is 37.6 Å². The van der Waals surface area contributed by atoms with E-state index in [9.17, 15) is 9.59 Å². The number of benzene rings is 2. The molecule has 2 saturated heterocycles. The highest BCUT2D eigenvalue weighted by Gasteiger charge is 2.26. The highest BCUT2D eigenvalue weighted by Crippen LogP contribution is 2.25. The Morgan fingerprint density at radius 1 is 1.03 bits per heavy atom. The molecule has 158 valence electrons. The maximum Gasteiger partial charge on any atom is 0.315 e. The zero-order valence-corrected chi connectivity index (χ0v) is 17.3. The summed E-state index contributed by atoms with van der Waals surface area (Å²) in [6.45, 7) is 5.35. The van der Waals surface area contributed by atoms with Gasteiger partial charge in [0.2, 0.25) is 5.91 Å². The lowest BCUT2D eigenvalue weighted by molar-refractivity contribution is -0.122. The van der Waals surface area contributed by atoms with Gasteiger partial charge in [-0.3, -0.25) is 4.79 Å². The zero-order valence-electron chi connectivity index (χ0n) is 17.3. The summed E-state index contributed by atoms with van der Waals surface area (Å²) in [5.74, 6) is 0.651. The minimum atomic E-state index is -0.505. The summed E-state index contributed by atoms with van der Waals surface area (Å²) in [6.07, 6.45) is 2.53. The van der Waals surface area contributed by atoms with Gasteiger partial charge < -0.3 is 26.2 Å². The molecular formula is C23H29N5O2. The number of rotatable bonds is 6. The molecule has 1 atom stereocenters. The van der Waals surface area contributed by atoms with Crippen LogP contribution in [0.1, 0.15) is 25.3 Å². The van der Waals surface area contributed by atoms with Crippen molar-refractivity contribution in [3.8, 4) is 0 Å². The Kier molecular flexibility index (Phi) is 6.07. The maximum atomic E-state index is 12.0. The number of amides is 3. The third kappa shape index (κ3) is 5.03. The standard InChI is InChI=1S/C23H29N5O2/c1-16-10-12-28(13-11-16)20-8-6-19(7-9-20)26-18-4-2-17(3-5-18)14-24-22(29)21-15-25-23(30)27-21/h2-9,16,21,26H,10-15H2,1H3,(H,24,29)(H2,25,27,30). The number of piperidine rings is 1. The van der Waals surface area contributed by atoms with E-state index in [1.165, 1.54) is 18.5 Å². The molecule has 2 aromatic carbocycles. The summed E-state index contributed by atoms with van der Waals surface area (Å²) in [5, 5.41) is 11.4. The van der Waals surface area contributed by atoms with E-state index in [4.69, 9.17) is 0 Å². The Labute approximate surface area is 177 Å². The molecule has 30 heavy (non-hydrogen) atoms. The van der Waals surface area contributed by atoms with Gasteiger partial charge in [0, 0.05) is 43.2 Å². The molecule has 4 N–H and O–H groups in total. The second-order valence-corrected chi connectivity index (χ2v) is 8.16. The molecule has 7 heteroatoms. The maximum absolute atomic E-state index is 12.0. The number of carbonyl (C=O) groups is 2. The van der Waals surface area contributed by atoms with Crippen molar-refractivity contribution in [1.29, 1.82) is 0 Å². The first kappa shape index (κ1) is 20.1. The van der Waals surface area contributed by atoms with Crippen LogP contribution < -0.4 is 26.2 Å². The van der Waals surface area contributed by atoms with Crippen LogP contribution in [0.3, 0.4) is 0 Å². The smallest absolute Gasteiger partial charge is 0.315 e. The molecule has 1 unspecified atom stereocenters. The van der Waals surface area contributed by atoms with Crippen LogP contribution in [-0.2, 0) is 11.3 Å². The first-order chi connectivity index (χ1) is 14.6. The topological polar surface area (TPSA) is 85.5 Å². The van der Waals surface area contributed by atoms with Gasteiger partial charge in [-0.15, -0.1) is 0 Å². The van der Waals surface area contributed by atoms with E-state index in [1.807, 2.05) is 24.3 Å². The van der Waals surface area contributed by atoms with Gasteiger partial charge in [0.25, 0.3) is 0 Å². The first-order valence-electron chi connectivity index (χ1n) is 10.6. The largest absolute Gasteiger partial charge is 0.372 e. The molecule has 0 spiro atoms. The lowest BCUT2D eigenvalue weighted by Gasteiger charge is -2.32. The molecule has 2 aliphatic heterocycles. The molecule has 0 saturated carbocycles. The Hall–Kier alpha value is -3.22. The van der Waals surface area contributed by atoms with Crippen LogP contribution >= 0.6 is 0 Å². The normalized spacial score (nSPS) is 19.2. The Balaban J connectivity index is 1.27. The molecule has 4 rings (SSSR count). The summed E-state index contributed by atoms with van der Waals surface area (Å²) in [5.41, 5.74) is 4.33. The lowest BCUT2D eigenvalue weighted by atomic mass is 9.99. The molecule has 0 bridgehead atoms. The minimum Gasteiger partial charge on any atom is -0.372 e. The average molecular weight is 408 g/mol. The van der Waals surface area contributed by atoms with E-state index in [0.29, 0.717) is 13.1 Å². The summed E-state index contributed by atoms with van der Waals surface area (Å²) in [7, 11) is 0. The fourth-order valence-electron chi connectivity index (χ4n) is 3.82. The highest BCUT2D eigenvalue weighted by atomic mass is 16.2. The third-order valence-electron chi connectivity index (χ3n) is 5.81. The Morgan fingerprint density at radius 3 is 2.27 bits per heavy atom. The molecule has 0 aromatic heterocycles. The number of anilines is 3. The molecule has 0 aliphatic carbocycles. The monoisotopic (exact) mass is 407 g/mol. The first-order valence-corrected chi connectivity index (χ1v) is 10.6. The average Bonchev–Trinajstić information content (AvgIpc) is 3.21. The summed E-state index contributed by atoms with van der Waals surface area (Å²) in [4.78, 5) is 25.6. The van der Waals surface area contributed by atoms with Crippen molar-refractivity contribution < 1.29 is 9.59 Å². The number of urea groups is 1. The number of hydrogen-bond acceptors (Lipinski definition) is 4. The second kappa shape index (κ2) is 9.07. The van der Waals surface area contributed by atoms with E-state index in [-0.39, 0.29) is 11.9 Å². The van der Waals surface area contributed by atoms with Crippen LogP contribution in [0, 0.1) is 5.92 Å². The number of nitrogens with one attached hydrogen (secondary N) is 4. The number of nitrogens with zero attached hydrogens (tertiary/aromatic N) is 1. The van der Waals surface area contributed by atoms with Crippen LogP contribution in [0.4, 0.5) is 21.9 Å². The molecular weight excluding hydrogens is 378 g/mol. The van der Waals surface area contributed by atoms with E-state index in [2.05, 4.69) is 57.4 Å². The Morgan fingerprint density at radius 2 is 1.67 bits per heavy atom. The van der Waals surface area contributed by atoms with Gasteiger partial charge in [0.15, 0.2) is 0 Å². The van der Waals surface area contributed by atoms with Crippen LogP contribution in [0.15, 0.2) is 48.5 Å². The van der Waals surface area contributed by atoms with Crippen molar-refractivity contribution in [2.24, 2.45) is 5.92 Å². The van der Waals surface area contributed by atoms with E-state index in [1.54, 1.807) is 0 Å². The van der Waals surface area contributed by atoms with Crippen molar-refractivity contribution >= 4 is 29.0 Å². The van der Waals surface area contributed by atoms with E-state index >= 15 is 0 Å².